The van der Waals surface area contributed by atoms with Crippen molar-refractivity contribution >= 4 is 5.91 Å². The van der Waals surface area contributed by atoms with E-state index in [0.717, 1.165) is 38.6 Å². The summed E-state index contributed by atoms with van der Waals surface area (Å²) in [5.74, 6) is 0.981. The Morgan fingerprint density at radius 2 is 2.24 bits per heavy atom. The highest BCUT2D eigenvalue weighted by Gasteiger charge is 2.29. The topological polar surface area (TPSA) is 55.3 Å². The molecule has 0 N–H and O–H groups in total. The van der Waals surface area contributed by atoms with Crippen molar-refractivity contribution in [2.45, 2.75) is 38.2 Å². The molecule has 0 aromatic carbocycles. The molecule has 1 aliphatic carbocycles. The smallest absolute Gasteiger partial charge is 0.232 e. The summed E-state index contributed by atoms with van der Waals surface area (Å²) in [7, 11) is 0. The average molecular weight is 287 g/mol. The van der Waals surface area contributed by atoms with Crippen LogP contribution in [-0.2, 0) is 4.79 Å². The third kappa shape index (κ3) is 3.60. The van der Waals surface area contributed by atoms with Gasteiger partial charge in [-0.25, -0.2) is 4.98 Å². The summed E-state index contributed by atoms with van der Waals surface area (Å²) in [5.41, 5.74) is 0. The lowest BCUT2D eigenvalue weighted by atomic mass is 9.92. The second-order valence-electron chi connectivity index (χ2n) is 5.69. The van der Waals surface area contributed by atoms with E-state index in [4.69, 9.17) is 4.74 Å². The van der Waals surface area contributed by atoms with Gasteiger partial charge in [-0.2, -0.15) is 0 Å². The molecule has 0 unspecified atom stereocenters. The number of hydrogen-bond donors (Lipinski definition) is 0. The van der Waals surface area contributed by atoms with Gasteiger partial charge in [0.2, 0.25) is 11.8 Å². The number of nitrogens with zero attached hydrogens (tertiary/aromatic N) is 3. The van der Waals surface area contributed by atoms with E-state index in [0.29, 0.717) is 12.4 Å². The number of rotatable bonds is 3. The van der Waals surface area contributed by atoms with Crippen LogP contribution in [0.5, 0.6) is 5.88 Å². The molecule has 2 heterocycles. The monoisotopic (exact) mass is 287 g/mol. The second-order valence-corrected chi connectivity index (χ2v) is 5.69. The predicted molar refractivity (Wildman–Crippen MR) is 78.7 cm³/mol. The SMILES string of the molecule is O=C([C@@H]1CC=CCC1)N1CCC[C@H](Oc2cnccn2)C1. The van der Waals surface area contributed by atoms with Gasteiger partial charge in [-0.3, -0.25) is 9.78 Å². The van der Waals surface area contributed by atoms with Crippen LogP contribution in [0.25, 0.3) is 0 Å². The van der Waals surface area contributed by atoms with Gasteiger partial charge in [0.15, 0.2) is 0 Å². The van der Waals surface area contributed by atoms with E-state index in [-0.39, 0.29) is 17.9 Å². The molecule has 2 aliphatic rings. The van der Waals surface area contributed by atoms with Crippen LogP contribution >= 0.6 is 0 Å². The van der Waals surface area contributed by atoms with Gasteiger partial charge in [0, 0.05) is 24.9 Å². The van der Waals surface area contributed by atoms with E-state index in [1.165, 1.54) is 0 Å². The van der Waals surface area contributed by atoms with Gasteiger partial charge in [0.05, 0.1) is 12.7 Å². The van der Waals surface area contributed by atoms with E-state index < -0.39 is 0 Å². The van der Waals surface area contributed by atoms with Gasteiger partial charge in [0.25, 0.3) is 0 Å². The van der Waals surface area contributed by atoms with Gasteiger partial charge < -0.3 is 9.64 Å². The first kappa shape index (κ1) is 14.0. The van der Waals surface area contributed by atoms with Crippen molar-refractivity contribution in [3.05, 3.63) is 30.7 Å². The van der Waals surface area contributed by atoms with E-state index in [1.807, 2.05) is 4.90 Å². The summed E-state index contributed by atoms with van der Waals surface area (Å²) in [6, 6.07) is 0. The third-order valence-corrected chi connectivity index (χ3v) is 4.14. The first-order valence-electron chi connectivity index (χ1n) is 7.69. The normalized spacial score (nSPS) is 25.6. The average Bonchev–Trinajstić information content (AvgIpc) is 2.56. The van der Waals surface area contributed by atoms with Crippen LogP contribution in [0.15, 0.2) is 30.7 Å². The van der Waals surface area contributed by atoms with Gasteiger partial charge in [-0.15, -0.1) is 0 Å². The number of piperidine rings is 1. The largest absolute Gasteiger partial charge is 0.471 e. The summed E-state index contributed by atoms with van der Waals surface area (Å²) in [6.07, 6.45) is 14.0. The second kappa shape index (κ2) is 6.70. The van der Waals surface area contributed by atoms with Crippen LogP contribution < -0.4 is 4.74 Å². The molecule has 0 spiro atoms. The third-order valence-electron chi connectivity index (χ3n) is 4.14. The zero-order valence-corrected chi connectivity index (χ0v) is 12.1. The quantitative estimate of drug-likeness (QED) is 0.800. The molecule has 0 radical (unpaired) electrons. The molecular weight excluding hydrogens is 266 g/mol. The zero-order valence-electron chi connectivity index (χ0n) is 12.1. The molecule has 1 fully saturated rings. The molecule has 5 nitrogen and oxygen atoms in total. The molecule has 0 saturated carbocycles. The summed E-state index contributed by atoms with van der Waals surface area (Å²) >= 11 is 0. The van der Waals surface area contributed by atoms with Gasteiger partial charge in [-0.05, 0) is 32.1 Å². The number of carbonyl (C=O) groups is 1. The Labute approximate surface area is 125 Å². The molecule has 5 heteroatoms. The van der Waals surface area contributed by atoms with E-state index in [2.05, 4.69) is 22.1 Å². The highest BCUT2D eigenvalue weighted by molar-refractivity contribution is 5.79. The number of carbonyl (C=O) groups excluding carboxylic acids is 1. The first-order valence-corrected chi connectivity index (χ1v) is 7.69. The minimum Gasteiger partial charge on any atom is -0.471 e. The maximum absolute atomic E-state index is 12.6. The van der Waals surface area contributed by atoms with Crippen molar-refractivity contribution in [1.29, 1.82) is 0 Å². The summed E-state index contributed by atoms with van der Waals surface area (Å²) in [6.45, 7) is 1.51. The Hall–Kier alpha value is -1.91. The molecule has 21 heavy (non-hydrogen) atoms. The number of amides is 1. The van der Waals surface area contributed by atoms with Crippen molar-refractivity contribution in [2.24, 2.45) is 5.92 Å². The fraction of sp³-hybridized carbons (Fsp3) is 0.562. The van der Waals surface area contributed by atoms with Crippen LogP contribution in [-0.4, -0.2) is 40.0 Å². The lowest BCUT2D eigenvalue weighted by Crippen LogP contribution is -2.46. The maximum atomic E-state index is 12.6. The Kier molecular flexibility index (Phi) is 4.48. The van der Waals surface area contributed by atoms with E-state index >= 15 is 0 Å². The Balaban J connectivity index is 1.57. The summed E-state index contributed by atoms with van der Waals surface area (Å²) in [4.78, 5) is 22.7. The maximum Gasteiger partial charge on any atom is 0.232 e. The molecule has 1 aliphatic heterocycles. The summed E-state index contributed by atoms with van der Waals surface area (Å²) in [5, 5.41) is 0. The minimum atomic E-state index is 0.0264. The number of hydrogen-bond acceptors (Lipinski definition) is 4. The van der Waals surface area contributed by atoms with Crippen LogP contribution in [0.1, 0.15) is 32.1 Å². The predicted octanol–water partition coefficient (Wildman–Crippen LogP) is 2.20. The van der Waals surface area contributed by atoms with Crippen LogP contribution in [0, 0.1) is 5.92 Å². The molecule has 1 aromatic rings. The fourth-order valence-electron chi connectivity index (χ4n) is 3.03. The molecule has 2 atom stereocenters. The number of aromatic nitrogens is 2. The molecular formula is C16H21N3O2. The Bertz CT molecular complexity index is 504. The van der Waals surface area contributed by atoms with Crippen LogP contribution in [0.3, 0.4) is 0 Å². The van der Waals surface area contributed by atoms with Gasteiger partial charge >= 0.3 is 0 Å². The minimum absolute atomic E-state index is 0.0264. The molecule has 0 bridgehead atoms. The van der Waals surface area contributed by atoms with Gasteiger partial charge in [-0.1, -0.05) is 12.2 Å². The first-order chi connectivity index (χ1) is 10.3. The van der Waals surface area contributed by atoms with Crippen molar-refractivity contribution in [3.8, 4) is 5.88 Å². The highest BCUT2D eigenvalue weighted by atomic mass is 16.5. The van der Waals surface area contributed by atoms with Crippen LogP contribution in [0.4, 0.5) is 0 Å². The van der Waals surface area contributed by atoms with E-state index in [9.17, 15) is 4.79 Å². The van der Waals surface area contributed by atoms with Crippen molar-refractivity contribution < 1.29 is 9.53 Å². The van der Waals surface area contributed by atoms with Crippen LogP contribution in [0.2, 0.25) is 0 Å². The highest BCUT2D eigenvalue weighted by Crippen LogP contribution is 2.23. The molecule has 1 saturated heterocycles. The van der Waals surface area contributed by atoms with Crippen molar-refractivity contribution in [1.82, 2.24) is 14.9 Å². The fourth-order valence-corrected chi connectivity index (χ4v) is 3.03. The standard InChI is InChI=1S/C16H21N3O2/c20-16(13-5-2-1-3-6-13)19-10-4-7-14(12-19)21-15-11-17-8-9-18-15/h1-2,8-9,11,13-14H,3-7,10,12H2/t13-,14+/m1/s1. The molecule has 1 aromatic heterocycles. The van der Waals surface area contributed by atoms with Crippen molar-refractivity contribution in [3.63, 3.8) is 0 Å². The number of likely N-dealkylation sites (tertiary alicyclic amines) is 1. The molecule has 1 amide bonds. The lowest BCUT2D eigenvalue weighted by Gasteiger charge is -2.35. The number of ether oxygens (including phenoxy) is 1. The zero-order chi connectivity index (χ0) is 14.5. The molecule has 112 valence electrons. The Morgan fingerprint density at radius 1 is 1.29 bits per heavy atom. The lowest BCUT2D eigenvalue weighted by molar-refractivity contribution is -0.138. The molecule has 3 rings (SSSR count). The summed E-state index contributed by atoms with van der Waals surface area (Å²) < 4.78 is 5.84. The van der Waals surface area contributed by atoms with Gasteiger partial charge in [0.1, 0.15) is 6.10 Å². The number of allylic oxidation sites excluding steroid dienone is 2. The Morgan fingerprint density at radius 3 is 3.00 bits per heavy atom. The van der Waals surface area contributed by atoms with Crippen molar-refractivity contribution in [2.75, 3.05) is 13.1 Å². The van der Waals surface area contributed by atoms with E-state index in [1.54, 1.807) is 18.6 Å².